The van der Waals surface area contributed by atoms with Gasteiger partial charge < -0.3 is 10.7 Å². The molecule has 0 spiro atoms. The number of pyridine rings is 1. The van der Waals surface area contributed by atoms with Crippen molar-refractivity contribution >= 4 is 28.2 Å². The maximum Gasteiger partial charge on any atom is 0.250 e. The number of nitrogens with two attached hydrogens (primary N) is 1. The molecule has 0 radical (unpaired) electrons. The van der Waals surface area contributed by atoms with Crippen molar-refractivity contribution in [3.8, 4) is 0 Å². The van der Waals surface area contributed by atoms with Crippen molar-refractivity contribution in [3.05, 3.63) is 39.1 Å². The molecule has 0 aliphatic heterocycles. The molecule has 2 rings (SSSR count). The van der Waals surface area contributed by atoms with Crippen LogP contribution in [0.5, 0.6) is 0 Å². The highest BCUT2D eigenvalue weighted by atomic mass is 35.5. The third-order valence-corrected chi connectivity index (χ3v) is 2.66. The number of nitrogen functional groups attached to an aromatic ring is 1. The van der Waals surface area contributed by atoms with Crippen molar-refractivity contribution in [2.45, 2.75) is 6.92 Å². The Balaban J connectivity index is 3.03. The molecule has 0 atom stereocenters. The molecule has 3 nitrogen and oxygen atoms in total. The molecular formula is C10H9ClN2O. The van der Waals surface area contributed by atoms with Crippen molar-refractivity contribution in [2.75, 3.05) is 5.73 Å². The number of hydrogen-bond acceptors (Lipinski definition) is 2. The number of fused-ring (bicyclic) bond motifs is 1. The van der Waals surface area contributed by atoms with E-state index >= 15 is 0 Å². The average molecular weight is 209 g/mol. The van der Waals surface area contributed by atoms with E-state index in [1.807, 2.05) is 13.0 Å². The molecule has 0 amide bonds. The second-order valence-corrected chi connectivity index (χ2v) is 3.59. The first-order valence-electron chi connectivity index (χ1n) is 4.17. The van der Waals surface area contributed by atoms with Crippen molar-refractivity contribution < 1.29 is 0 Å². The monoisotopic (exact) mass is 208 g/mol. The van der Waals surface area contributed by atoms with Gasteiger partial charge in [-0.15, -0.1) is 0 Å². The molecule has 0 aliphatic carbocycles. The summed E-state index contributed by atoms with van der Waals surface area (Å²) >= 11 is 6.08. The number of aromatic nitrogens is 1. The number of H-pyrrole nitrogens is 1. The number of rotatable bonds is 0. The van der Waals surface area contributed by atoms with Gasteiger partial charge in [0.1, 0.15) is 0 Å². The maximum absolute atomic E-state index is 11.1. The lowest BCUT2D eigenvalue weighted by Gasteiger charge is -2.05. The largest absolute Gasteiger partial charge is 0.398 e. The fraction of sp³-hybridized carbons (Fsp3) is 0.100. The van der Waals surface area contributed by atoms with E-state index in [1.165, 1.54) is 6.07 Å². The van der Waals surface area contributed by atoms with Gasteiger partial charge in [-0.1, -0.05) is 17.7 Å². The van der Waals surface area contributed by atoms with Crippen LogP contribution in [0.3, 0.4) is 0 Å². The number of halogens is 1. The second-order valence-electron chi connectivity index (χ2n) is 3.21. The molecule has 4 heteroatoms. The van der Waals surface area contributed by atoms with E-state index in [-0.39, 0.29) is 5.56 Å². The third kappa shape index (κ3) is 1.26. The maximum atomic E-state index is 11.1. The van der Waals surface area contributed by atoms with Crippen LogP contribution in [0.25, 0.3) is 10.9 Å². The molecule has 1 aromatic heterocycles. The first-order chi connectivity index (χ1) is 6.59. The summed E-state index contributed by atoms with van der Waals surface area (Å²) in [5.74, 6) is 0. The van der Waals surface area contributed by atoms with Gasteiger partial charge in [0.25, 0.3) is 0 Å². The van der Waals surface area contributed by atoms with Gasteiger partial charge in [-0.25, -0.2) is 0 Å². The highest BCUT2D eigenvalue weighted by molar-refractivity contribution is 6.37. The van der Waals surface area contributed by atoms with Crippen LogP contribution in [0.1, 0.15) is 5.56 Å². The zero-order chi connectivity index (χ0) is 10.3. The molecule has 0 bridgehead atoms. The van der Waals surface area contributed by atoms with E-state index < -0.39 is 0 Å². The topological polar surface area (TPSA) is 58.9 Å². The van der Waals surface area contributed by atoms with Gasteiger partial charge in [-0.3, -0.25) is 4.79 Å². The molecule has 0 saturated carbocycles. The highest BCUT2D eigenvalue weighted by Crippen LogP contribution is 2.28. The lowest BCUT2D eigenvalue weighted by Crippen LogP contribution is -2.06. The molecule has 14 heavy (non-hydrogen) atoms. The summed E-state index contributed by atoms with van der Waals surface area (Å²) in [6.45, 7) is 1.90. The Kier molecular flexibility index (Phi) is 1.97. The van der Waals surface area contributed by atoms with E-state index in [4.69, 9.17) is 17.3 Å². The summed E-state index contributed by atoms with van der Waals surface area (Å²) in [7, 11) is 0. The smallest absolute Gasteiger partial charge is 0.250 e. The SMILES string of the molecule is Cc1ccc2[nH]c(=O)cc(N)c2c1Cl. The first-order valence-corrected chi connectivity index (χ1v) is 4.55. The molecule has 0 unspecified atom stereocenters. The van der Waals surface area contributed by atoms with Crippen molar-refractivity contribution in [2.24, 2.45) is 0 Å². The van der Waals surface area contributed by atoms with Gasteiger partial charge in [0.2, 0.25) is 5.56 Å². The number of aryl methyl sites for hydroxylation is 1. The zero-order valence-corrected chi connectivity index (χ0v) is 8.35. The van der Waals surface area contributed by atoms with Gasteiger partial charge in [-0.05, 0) is 18.6 Å². The van der Waals surface area contributed by atoms with Gasteiger partial charge in [0, 0.05) is 17.1 Å². The molecule has 1 aromatic carbocycles. The van der Waals surface area contributed by atoms with E-state index in [0.29, 0.717) is 21.6 Å². The molecule has 1 heterocycles. The summed E-state index contributed by atoms with van der Waals surface area (Å²) in [5.41, 5.74) is 7.54. The number of anilines is 1. The Morgan fingerprint density at radius 2 is 2.14 bits per heavy atom. The Hall–Kier alpha value is -1.48. The molecule has 3 N–H and O–H groups in total. The first kappa shape index (κ1) is 9.09. The third-order valence-electron chi connectivity index (χ3n) is 2.17. The van der Waals surface area contributed by atoms with Crippen LogP contribution in [0.15, 0.2) is 23.0 Å². The van der Waals surface area contributed by atoms with Crippen LogP contribution in [-0.4, -0.2) is 4.98 Å². The van der Waals surface area contributed by atoms with Gasteiger partial charge in [0.05, 0.1) is 10.5 Å². The average Bonchev–Trinajstić information content (AvgIpc) is 2.10. The van der Waals surface area contributed by atoms with Crippen LogP contribution in [0.4, 0.5) is 5.69 Å². The fourth-order valence-corrected chi connectivity index (χ4v) is 1.72. The molecule has 72 valence electrons. The normalized spacial score (nSPS) is 10.7. The zero-order valence-electron chi connectivity index (χ0n) is 7.60. The van der Waals surface area contributed by atoms with Gasteiger partial charge in [0.15, 0.2) is 0 Å². The predicted molar refractivity (Wildman–Crippen MR) is 58.7 cm³/mol. The Morgan fingerprint density at radius 3 is 2.86 bits per heavy atom. The number of benzene rings is 1. The van der Waals surface area contributed by atoms with Crippen molar-refractivity contribution in [1.29, 1.82) is 0 Å². The number of aromatic amines is 1. The van der Waals surface area contributed by atoms with E-state index in [0.717, 1.165) is 5.56 Å². The minimum Gasteiger partial charge on any atom is -0.398 e. The second kappa shape index (κ2) is 3.03. The van der Waals surface area contributed by atoms with E-state index in [9.17, 15) is 4.79 Å². The summed E-state index contributed by atoms with van der Waals surface area (Å²) in [4.78, 5) is 13.8. The lowest BCUT2D eigenvalue weighted by molar-refractivity contribution is 1.30. The lowest BCUT2D eigenvalue weighted by atomic mass is 10.1. The standard InChI is InChI=1S/C10H9ClN2O/c1-5-2-3-7-9(10(5)11)6(12)4-8(14)13-7/h2-4H,1H3,(H3,12,13,14). The summed E-state index contributed by atoms with van der Waals surface area (Å²) in [6, 6.07) is 4.99. The Morgan fingerprint density at radius 1 is 1.43 bits per heavy atom. The van der Waals surface area contributed by atoms with Crippen molar-refractivity contribution in [1.82, 2.24) is 4.98 Å². The van der Waals surface area contributed by atoms with Crippen LogP contribution in [0.2, 0.25) is 5.02 Å². The summed E-state index contributed by atoms with van der Waals surface area (Å²) < 4.78 is 0. The van der Waals surface area contributed by atoms with Gasteiger partial charge in [-0.2, -0.15) is 0 Å². The molecule has 2 aromatic rings. The minimum absolute atomic E-state index is 0.213. The molecule has 0 fully saturated rings. The van der Waals surface area contributed by atoms with Crippen LogP contribution < -0.4 is 11.3 Å². The predicted octanol–water partition coefficient (Wildman–Crippen LogP) is 2.07. The highest BCUT2D eigenvalue weighted by Gasteiger charge is 2.06. The number of hydrogen-bond donors (Lipinski definition) is 2. The minimum atomic E-state index is -0.213. The summed E-state index contributed by atoms with van der Waals surface area (Å²) in [6.07, 6.45) is 0. The fourth-order valence-electron chi connectivity index (χ4n) is 1.45. The van der Waals surface area contributed by atoms with Crippen LogP contribution in [-0.2, 0) is 0 Å². The van der Waals surface area contributed by atoms with Crippen LogP contribution in [0, 0.1) is 6.92 Å². The molecule has 0 aliphatic rings. The molecule has 0 saturated heterocycles. The van der Waals surface area contributed by atoms with Gasteiger partial charge >= 0.3 is 0 Å². The summed E-state index contributed by atoms with van der Waals surface area (Å²) in [5, 5.41) is 1.31. The van der Waals surface area contributed by atoms with E-state index in [1.54, 1.807) is 6.07 Å². The Labute approximate surface area is 85.5 Å². The number of nitrogens with one attached hydrogen (secondary N) is 1. The van der Waals surface area contributed by atoms with Crippen LogP contribution >= 0.6 is 11.6 Å². The molecular weight excluding hydrogens is 200 g/mol. The Bertz CT molecular complexity index is 560. The van der Waals surface area contributed by atoms with Crippen molar-refractivity contribution in [3.63, 3.8) is 0 Å². The van der Waals surface area contributed by atoms with E-state index in [2.05, 4.69) is 4.98 Å². The quantitative estimate of drug-likeness (QED) is 0.697.